The molecule has 0 fully saturated rings. The maximum Gasteiger partial charge on any atom is 0.0672 e. The minimum absolute atomic E-state index is 0.661. The second-order valence-corrected chi connectivity index (χ2v) is 3.73. The molecule has 3 nitrogen and oxygen atoms in total. The van der Waals surface area contributed by atoms with Gasteiger partial charge in [0.1, 0.15) is 0 Å². The zero-order valence-corrected chi connectivity index (χ0v) is 10.2. The van der Waals surface area contributed by atoms with Crippen LogP contribution in [0.4, 0.5) is 0 Å². The molecule has 0 unspecified atom stereocenters. The number of hydrogen-bond acceptors (Lipinski definition) is 3. The fraction of sp³-hybridized carbons (Fsp3) is 0.833. The summed E-state index contributed by atoms with van der Waals surface area (Å²) in [5, 5.41) is 3.26. The maximum atomic E-state index is 5.40. The van der Waals surface area contributed by atoms with Gasteiger partial charge >= 0.3 is 0 Å². The fourth-order valence-electron chi connectivity index (χ4n) is 1.01. The summed E-state index contributed by atoms with van der Waals surface area (Å²) in [7, 11) is 0. The molecule has 1 N–H and O–H groups in total. The van der Waals surface area contributed by atoms with Gasteiger partial charge in [-0.15, -0.1) is 0 Å². The molecule has 3 heteroatoms. The van der Waals surface area contributed by atoms with Crippen LogP contribution in [0.15, 0.2) is 12.2 Å². The van der Waals surface area contributed by atoms with Gasteiger partial charge in [-0.1, -0.05) is 25.5 Å². The van der Waals surface area contributed by atoms with Gasteiger partial charge in [0.15, 0.2) is 0 Å². The highest BCUT2D eigenvalue weighted by Crippen LogP contribution is 1.87. The van der Waals surface area contributed by atoms with Crippen LogP contribution >= 0.6 is 0 Å². The molecule has 0 atom stereocenters. The molecule has 0 spiro atoms. The lowest BCUT2D eigenvalue weighted by molar-refractivity contribution is 0.126. The van der Waals surface area contributed by atoms with Crippen molar-refractivity contribution in [1.82, 2.24) is 5.32 Å². The third-order valence-corrected chi connectivity index (χ3v) is 1.84. The Bertz CT molecular complexity index is 149. The van der Waals surface area contributed by atoms with E-state index in [4.69, 9.17) is 9.47 Å². The van der Waals surface area contributed by atoms with Crippen LogP contribution in [0, 0.1) is 0 Å². The summed E-state index contributed by atoms with van der Waals surface area (Å²) in [6.07, 6.45) is 2.35. The van der Waals surface area contributed by atoms with Crippen LogP contribution in [-0.4, -0.2) is 39.5 Å². The highest BCUT2D eigenvalue weighted by molar-refractivity contribution is 4.87. The van der Waals surface area contributed by atoms with Gasteiger partial charge < -0.3 is 14.8 Å². The molecule has 0 aliphatic rings. The molecule has 15 heavy (non-hydrogen) atoms. The van der Waals surface area contributed by atoms with Crippen LogP contribution in [0.25, 0.3) is 0 Å². The number of ether oxygens (including phenoxy) is 2. The highest BCUT2D eigenvalue weighted by Gasteiger charge is 1.90. The molecule has 0 bridgehead atoms. The largest absolute Gasteiger partial charge is 0.380 e. The van der Waals surface area contributed by atoms with Gasteiger partial charge in [0.2, 0.25) is 0 Å². The van der Waals surface area contributed by atoms with Crippen molar-refractivity contribution < 1.29 is 9.47 Å². The minimum atomic E-state index is 0.661. The molecule has 90 valence electrons. The van der Waals surface area contributed by atoms with Gasteiger partial charge in [-0.05, 0) is 13.3 Å². The Hall–Kier alpha value is -0.380. The number of nitrogens with one attached hydrogen (secondary N) is 1. The summed E-state index contributed by atoms with van der Waals surface area (Å²) in [4.78, 5) is 0. The monoisotopic (exact) mass is 215 g/mol. The van der Waals surface area contributed by atoms with E-state index < -0.39 is 0 Å². The topological polar surface area (TPSA) is 30.5 Å². The predicted octanol–water partition coefficient (Wildman–Crippen LogP) is 1.99. The summed E-state index contributed by atoms with van der Waals surface area (Å²) in [6, 6.07) is 0. The van der Waals surface area contributed by atoms with Crippen LogP contribution in [-0.2, 0) is 9.47 Å². The Morgan fingerprint density at radius 3 is 2.40 bits per heavy atom. The van der Waals surface area contributed by atoms with Crippen LogP contribution in [0.3, 0.4) is 0 Å². The first-order valence-electron chi connectivity index (χ1n) is 5.78. The first kappa shape index (κ1) is 14.6. The van der Waals surface area contributed by atoms with Gasteiger partial charge in [0, 0.05) is 19.7 Å². The van der Waals surface area contributed by atoms with Gasteiger partial charge in [0.05, 0.1) is 19.8 Å². The van der Waals surface area contributed by atoms with E-state index in [0.717, 1.165) is 44.9 Å². The highest BCUT2D eigenvalue weighted by atomic mass is 16.5. The molecule has 0 saturated carbocycles. The zero-order valence-electron chi connectivity index (χ0n) is 10.2. The molecule has 0 saturated heterocycles. The van der Waals surface area contributed by atoms with Crippen molar-refractivity contribution in [3.8, 4) is 0 Å². The smallest absolute Gasteiger partial charge is 0.0672 e. The van der Waals surface area contributed by atoms with Gasteiger partial charge in [-0.3, -0.25) is 0 Å². The van der Waals surface area contributed by atoms with Crippen LogP contribution in [0.1, 0.15) is 26.7 Å². The van der Waals surface area contributed by atoms with Crippen molar-refractivity contribution >= 4 is 0 Å². The predicted molar refractivity (Wildman–Crippen MR) is 64.2 cm³/mol. The zero-order chi connectivity index (χ0) is 11.4. The summed E-state index contributed by atoms with van der Waals surface area (Å²) in [5.41, 5.74) is 1.07. The summed E-state index contributed by atoms with van der Waals surface area (Å²) < 4.78 is 10.7. The molecule has 0 radical (unpaired) electrons. The lowest BCUT2D eigenvalue weighted by Crippen LogP contribution is -2.24. The van der Waals surface area contributed by atoms with Crippen molar-refractivity contribution in [3.63, 3.8) is 0 Å². The Morgan fingerprint density at radius 1 is 1.13 bits per heavy atom. The fourth-order valence-corrected chi connectivity index (χ4v) is 1.01. The van der Waals surface area contributed by atoms with Gasteiger partial charge in [-0.25, -0.2) is 0 Å². The number of rotatable bonds is 11. The molecule has 0 aromatic rings. The SMILES string of the molecule is C=C(C)COCCNCCOCCCC. The molecule has 0 heterocycles. The van der Waals surface area contributed by atoms with E-state index in [1.54, 1.807) is 0 Å². The minimum Gasteiger partial charge on any atom is -0.380 e. The van der Waals surface area contributed by atoms with Crippen molar-refractivity contribution in [1.29, 1.82) is 0 Å². The second-order valence-electron chi connectivity index (χ2n) is 3.73. The first-order chi connectivity index (χ1) is 7.27. The summed E-state index contributed by atoms with van der Waals surface area (Å²) in [6.45, 7) is 12.8. The normalized spacial score (nSPS) is 10.5. The van der Waals surface area contributed by atoms with E-state index >= 15 is 0 Å². The summed E-state index contributed by atoms with van der Waals surface area (Å²) >= 11 is 0. The Labute approximate surface area is 93.8 Å². The van der Waals surface area contributed by atoms with Crippen LogP contribution in [0.5, 0.6) is 0 Å². The van der Waals surface area contributed by atoms with Crippen molar-refractivity contribution in [3.05, 3.63) is 12.2 Å². The van der Waals surface area contributed by atoms with Gasteiger partial charge in [-0.2, -0.15) is 0 Å². The molecule has 0 aliphatic heterocycles. The number of hydrogen-bond donors (Lipinski definition) is 1. The van der Waals surface area contributed by atoms with Crippen molar-refractivity contribution in [2.75, 3.05) is 39.5 Å². The first-order valence-corrected chi connectivity index (χ1v) is 5.78. The van der Waals surface area contributed by atoms with E-state index in [1.165, 1.54) is 6.42 Å². The average molecular weight is 215 g/mol. The van der Waals surface area contributed by atoms with E-state index in [-0.39, 0.29) is 0 Å². The molecule has 0 aliphatic carbocycles. The molecular weight excluding hydrogens is 190 g/mol. The van der Waals surface area contributed by atoms with E-state index in [1.807, 2.05) is 6.92 Å². The average Bonchev–Trinajstić information content (AvgIpc) is 2.20. The third kappa shape index (κ3) is 13.6. The van der Waals surface area contributed by atoms with E-state index in [9.17, 15) is 0 Å². The summed E-state index contributed by atoms with van der Waals surface area (Å²) in [5.74, 6) is 0. The molecule has 0 rings (SSSR count). The standard InChI is InChI=1S/C12H25NO2/c1-4-5-8-14-9-6-13-7-10-15-11-12(2)3/h13H,2,4-11H2,1,3H3. The second kappa shape index (κ2) is 11.7. The molecule has 0 amide bonds. The molecular formula is C12H25NO2. The third-order valence-electron chi connectivity index (χ3n) is 1.84. The Balaban J connectivity index is 2.89. The quantitative estimate of drug-likeness (QED) is 0.422. The molecule has 0 aromatic heterocycles. The Morgan fingerprint density at radius 2 is 1.80 bits per heavy atom. The van der Waals surface area contributed by atoms with Gasteiger partial charge in [0.25, 0.3) is 0 Å². The lowest BCUT2D eigenvalue weighted by Gasteiger charge is -2.06. The molecule has 0 aromatic carbocycles. The lowest BCUT2D eigenvalue weighted by atomic mass is 10.4. The maximum absolute atomic E-state index is 5.40. The van der Waals surface area contributed by atoms with E-state index in [2.05, 4.69) is 18.8 Å². The number of unbranched alkanes of at least 4 members (excludes halogenated alkanes) is 1. The van der Waals surface area contributed by atoms with Crippen LogP contribution in [0.2, 0.25) is 0 Å². The Kier molecular flexibility index (Phi) is 11.4. The van der Waals surface area contributed by atoms with Crippen molar-refractivity contribution in [2.45, 2.75) is 26.7 Å². The van der Waals surface area contributed by atoms with Crippen LogP contribution < -0.4 is 5.32 Å². The van der Waals surface area contributed by atoms with Crippen molar-refractivity contribution in [2.24, 2.45) is 0 Å². The van der Waals surface area contributed by atoms with E-state index in [0.29, 0.717) is 6.61 Å².